The van der Waals surface area contributed by atoms with Crippen LogP contribution in [0.2, 0.25) is 0 Å². The van der Waals surface area contributed by atoms with E-state index >= 15 is 0 Å². The maximum atomic E-state index is 5.32. The Morgan fingerprint density at radius 2 is 1.85 bits per heavy atom. The van der Waals surface area contributed by atoms with E-state index in [1.54, 1.807) is 11.8 Å². The zero-order valence-corrected chi connectivity index (χ0v) is 17.8. The zero-order valence-electron chi connectivity index (χ0n) is 16.2. The van der Waals surface area contributed by atoms with Gasteiger partial charge < -0.3 is 15.2 Å². The molecular weight excluding hydrogens is 376 g/mol. The number of nitrogens with zero attached hydrogens (tertiary/aromatic N) is 4. The molecule has 2 heterocycles. The van der Waals surface area contributed by atoms with Crippen LogP contribution in [0.3, 0.4) is 0 Å². The van der Waals surface area contributed by atoms with Crippen molar-refractivity contribution in [3.8, 4) is 0 Å². The summed E-state index contributed by atoms with van der Waals surface area (Å²) in [5.41, 5.74) is 4.91. The lowest BCUT2D eigenvalue weighted by atomic mass is 10.3. The molecule has 3 aromatic rings. The minimum Gasteiger partial charge on any atom is -0.360 e. The van der Waals surface area contributed by atoms with Crippen LogP contribution in [0, 0.1) is 13.8 Å². The van der Waals surface area contributed by atoms with Crippen molar-refractivity contribution in [1.29, 1.82) is 0 Å². The summed E-state index contributed by atoms with van der Waals surface area (Å²) >= 11 is 6.92. The third kappa shape index (κ3) is 4.95. The van der Waals surface area contributed by atoms with Crippen molar-refractivity contribution in [2.45, 2.75) is 44.6 Å². The van der Waals surface area contributed by atoms with Gasteiger partial charge in [-0.1, -0.05) is 11.8 Å². The van der Waals surface area contributed by atoms with Crippen molar-refractivity contribution in [2.75, 3.05) is 5.32 Å². The molecule has 0 saturated heterocycles. The summed E-state index contributed by atoms with van der Waals surface area (Å²) in [6, 6.07) is 8.36. The smallest absolute Gasteiger partial charge is 0.188 e. The van der Waals surface area contributed by atoms with E-state index in [0.717, 1.165) is 39.1 Å². The molecule has 0 fully saturated rings. The van der Waals surface area contributed by atoms with E-state index in [1.165, 1.54) is 0 Å². The minimum absolute atomic E-state index is 0.291. The summed E-state index contributed by atoms with van der Waals surface area (Å²) in [5.74, 6) is 1.70. The number of hydrogen-bond donors (Lipinski definition) is 2. The van der Waals surface area contributed by atoms with Crippen LogP contribution >= 0.6 is 24.0 Å². The summed E-state index contributed by atoms with van der Waals surface area (Å²) in [5, 5.41) is 7.79. The lowest BCUT2D eigenvalue weighted by Gasteiger charge is -2.13. The van der Waals surface area contributed by atoms with Gasteiger partial charge in [0.15, 0.2) is 10.3 Å². The molecule has 2 N–H and O–H groups in total. The van der Waals surface area contributed by atoms with E-state index in [0.29, 0.717) is 16.9 Å². The van der Waals surface area contributed by atoms with E-state index < -0.39 is 0 Å². The zero-order chi connectivity index (χ0) is 19.6. The SMILES string of the molecule is Cc1cc(C)nc(SCc2nc3cc(NC(=S)NC(C)C)ccc3n2C)n1. The number of nitrogens with one attached hydrogen (secondary N) is 2. The van der Waals surface area contributed by atoms with Gasteiger partial charge in [-0.25, -0.2) is 15.0 Å². The molecule has 1 aromatic carbocycles. The first kappa shape index (κ1) is 19.6. The number of aromatic nitrogens is 4. The van der Waals surface area contributed by atoms with E-state index in [2.05, 4.69) is 45.1 Å². The first-order valence-corrected chi connectivity index (χ1v) is 10.2. The van der Waals surface area contributed by atoms with Crippen molar-refractivity contribution < 1.29 is 0 Å². The number of rotatable bonds is 5. The van der Waals surface area contributed by atoms with E-state index in [9.17, 15) is 0 Å². The number of aryl methyl sites for hydroxylation is 3. The Morgan fingerprint density at radius 3 is 2.52 bits per heavy atom. The fourth-order valence-corrected chi connectivity index (χ4v) is 4.06. The molecule has 0 amide bonds. The molecular formula is C19H24N6S2. The monoisotopic (exact) mass is 400 g/mol. The van der Waals surface area contributed by atoms with E-state index in [-0.39, 0.29) is 0 Å². The molecule has 3 rings (SSSR count). The average molecular weight is 401 g/mol. The Balaban J connectivity index is 1.76. The lowest BCUT2D eigenvalue weighted by Crippen LogP contribution is -2.33. The topological polar surface area (TPSA) is 67.7 Å². The second-order valence-electron chi connectivity index (χ2n) is 6.77. The first-order valence-electron chi connectivity index (χ1n) is 8.80. The van der Waals surface area contributed by atoms with Crippen molar-refractivity contribution in [3.05, 3.63) is 41.5 Å². The molecule has 8 heteroatoms. The van der Waals surface area contributed by atoms with Crippen molar-refractivity contribution in [3.63, 3.8) is 0 Å². The van der Waals surface area contributed by atoms with Gasteiger partial charge in [0.05, 0.1) is 16.8 Å². The highest BCUT2D eigenvalue weighted by atomic mass is 32.2. The Kier molecular flexibility index (Phi) is 5.96. The molecule has 2 aromatic heterocycles. The summed E-state index contributed by atoms with van der Waals surface area (Å²) in [6.07, 6.45) is 0. The molecule has 0 aliphatic heterocycles. The molecule has 0 aliphatic rings. The van der Waals surface area contributed by atoms with Crippen LogP contribution in [0.5, 0.6) is 0 Å². The molecule has 6 nitrogen and oxygen atoms in total. The number of hydrogen-bond acceptors (Lipinski definition) is 5. The lowest BCUT2D eigenvalue weighted by molar-refractivity contribution is 0.739. The van der Waals surface area contributed by atoms with Gasteiger partial charge in [0.1, 0.15) is 5.82 Å². The maximum absolute atomic E-state index is 5.32. The fourth-order valence-electron chi connectivity index (χ4n) is 2.77. The van der Waals surface area contributed by atoms with Gasteiger partial charge in [-0.3, -0.25) is 0 Å². The number of imidazole rings is 1. The Bertz CT molecular complexity index is 959. The summed E-state index contributed by atoms with van der Waals surface area (Å²) < 4.78 is 2.11. The third-order valence-corrected chi connectivity index (χ3v) is 5.01. The van der Waals surface area contributed by atoms with Crippen molar-refractivity contribution in [2.24, 2.45) is 7.05 Å². The number of benzene rings is 1. The number of thioether (sulfide) groups is 1. The number of thiocarbonyl (C=S) groups is 1. The van der Waals surface area contributed by atoms with Crippen LogP contribution in [0.15, 0.2) is 29.4 Å². The Labute approximate surface area is 169 Å². The molecule has 0 aliphatic carbocycles. The molecule has 0 radical (unpaired) electrons. The van der Waals surface area contributed by atoms with Crippen LogP contribution in [0.25, 0.3) is 11.0 Å². The average Bonchev–Trinajstić information content (AvgIpc) is 2.87. The van der Waals surface area contributed by atoms with E-state index in [1.807, 2.05) is 39.1 Å². The van der Waals surface area contributed by atoms with Gasteiger partial charge in [0.25, 0.3) is 0 Å². The molecule has 142 valence electrons. The molecule has 0 spiro atoms. The predicted molar refractivity (Wildman–Crippen MR) is 116 cm³/mol. The first-order chi connectivity index (χ1) is 12.8. The van der Waals surface area contributed by atoms with Crippen molar-refractivity contribution >= 4 is 45.8 Å². The van der Waals surface area contributed by atoms with Gasteiger partial charge >= 0.3 is 0 Å². The molecule has 0 saturated carbocycles. The van der Waals surface area contributed by atoms with Gasteiger partial charge in [0.2, 0.25) is 0 Å². The van der Waals surface area contributed by atoms with E-state index in [4.69, 9.17) is 17.2 Å². The van der Waals surface area contributed by atoms with Crippen LogP contribution in [0.1, 0.15) is 31.1 Å². The number of fused-ring (bicyclic) bond motifs is 1. The van der Waals surface area contributed by atoms with Gasteiger partial charge in [-0.05, 0) is 64.2 Å². The molecule has 0 unspecified atom stereocenters. The Morgan fingerprint density at radius 1 is 1.15 bits per heavy atom. The maximum Gasteiger partial charge on any atom is 0.188 e. The summed E-state index contributed by atoms with van der Waals surface area (Å²) in [4.78, 5) is 13.8. The standard InChI is InChI=1S/C19H24N6S2/c1-11(2)20-18(26)23-14-6-7-16-15(9-14)24-17(25(16)5)10-27-19-21-12(3)8-13(4)22-19/h6-9,11H,10H2,1-5H3,(H2,20,23,26). The van der Waals surface area contributed by atoms with Crippen LogP contribution < -0.4 is 10.6 Å². The van der Waals surface area contributed by atoms with Crippen LogP contribution in [-0.2, 0) is 12.8 Å². The Hall–Kier alpha value is -2.19. The summed E-state index contributed by atoms with van der Waals surface area (Å²) in [6.45, 7) is 8.08. The minimum atomic E-state index is 0.291. The molecule has 27 heavy (non-hydrogen) atoms. The normalized spacial score (nSPS) is 11.2. The second-order valence-corrected chi connectivity index (χ2v) is 8.12. The van der Waals surface area contributed by atoms with Gasteiger partial charge in [-0.15, -0.1) is 0 Å². The van der Waals surface area contributed by atoms with Crippen LogP contribution in [-0.4, -0.2) is 30.7 Å². The molecule has 0 atom stereocenters. The van der Waals surface area contributed by atoms with Crippen LogP contribution in [0.4, 0.5) is 5.69 Å². The predicted octanol–water partition coefficient (Wildman–Crippen LogP) is 3.97. The largest absolute Gasteiger partial charge is 0.360 e. The highest BCUT2D eigenvalue weighted by Crippen LogP contribution is 2.24. The third-order valence-electron chi connectivity index (χ3n) is 3.94. The van der Waals surface area contributed by atoms with Gasteiger partial charge in [-0.2, -0.15) is 0 Å². The summed E-state index contributed by atoms with van der Waals surface area (Å²) in [7, 11) is 2.03. The van der Waals surface area contributed by atoms with Crippen molar-refractivity contribution in [1.82, 2.24) is 24.8 Å². The molecule has 0 bridgehead atoms. The fraction of sp³-hybridized carbons (Fsp3) is 0.368. The second kappa shape index (κ2) is 8.22. The highest BCUT2D eigenvalue weighted by molar-refractivity contribution is 7.98. The quantitative estimate of drug-likeness (QED) is 0.382. The highest BCUT2D eigenvalue weighted by Gasteiger charge is 2.11. The number of anilines is 1. The van der Waals surface area contributed by atoms with Gasteiger partial charge in [0, 0.05) is 30.2 Å².